The molecular formula is C26H25FN4O. The zero-order valence-corrected chi connectivity index (χ0v) is 17.8. The third-order valence-corrected chi connectivity index (χ3v) is 6.07. The van der Waals surface area contributed by atoms with Crippen LogP contribution in [-0.2, 0) is 6.42 Å². The number of nitrogens with zero attached hydrogens (tertiary/aromatic N) is 4. The fourth-order valence-corrected chi connectivity index (χ4v) is 4.26. The molecule has 162 valence electrons. The summed E-state index contributed by atoms with van der Waals surface area (Å²) in [5.41, 5.74) is 4.18. The van der Waals surface area contributed by atoms with Crippen LogP contribution in [0.4, 0.5) is 4.39 Å². The molecule has 1 aliphatic rings. The van der Waals surface area contributed by atoms with Crippen LogP contribution in [0, 0.1) is 5.82 Å². The van der Waals surface area contributed by atoms with Crippen molar-refractivity contribution in [3.8, 4) is 11.3 Å². The fourth-order valence-electron chi connectivity index (χ4n) is 4.26. The summed E-state index contributed by atoms with van der Waals surface area (Å²) in [6, 6.07) is 22.4. The molecule has 0 radical (unpaired) electrons. The SMILES string of the molecule is O=C(c1c(-c2ccccc2)nc2ccccn12)N1CCN(CCc2ccc(F)cc2)CC1. The van der Waals surface area contributed by atoms with E-state index in [1.807, 2.05) is 76.2 Å². The second-order valence-corrected chi connectivity index (χ2v) is 8.11. The van der Waals surface area contributed by atoms with Crippen molar-refractivity contribution in [2.45, 2.75) is 6.42 Å². The molecule has 1 amide bonds. The number of benzene rings is 2. The predicted octanol–water partition coefficient (Wildman–Crippen LogP) is 4.14. The van der Waals surface area contributed by atoms with Crippen LogP contribution in [0.5, 0.6) is 0 Å². The summed E-state index contributed by atoms with van der Waals surface area (Å²) >= 11 is 0. The van der Waals surface area contributed by atoms with Gasteiger partial charge in [0.15, 0.2) is 0 Å². The van der Waals surface area contributed by atoms with Gasteiger partial charge in [-0.3, -0.25) is 14.1 Å². The highest BCUT2D eigenvalue weighted by Gasteiger charge is 2.27. The summed E-state index contributed by atoms with van der Waals surface area (Å²) < 4.78 is 15.0. The van der Waals surface area contributed by atoms with Crippen LogP contribution in [0.3, 0.4) is 0 Å². The van der Waals surface area contributed by atoms with Crippen LogP contribution in [0.1, 0.15) is 16.1 Å². The Morgan fingerprint density at radius 2 is 1.59 bits per heavy atom. The fraction of sp³-hybridized carbons (Fsp3) is 0.231. The van der Waals surface area contributed by atoms with E-state index in [4.69, 9.17) is 4.98 Å². The van der Waals surface area contributed by atoms with Crippen molar-refractivity contribution in [2.75, 3.05) is 32.7 Å². The van der Waals surface area contributed by atoms with Crippen molar-refractivity contribution in [1.29, 1.82) is 0 Å². The molecule has 0 saturated carbocycles. The topological polar surface area (TPSA) is 40.9 Å². The Kier molecular flexibility index (Phi) is 5.69. The van der Waals surface area contributed by atoms with Gasteiger partial charge in [-0.05, 0) is 36.2 Å². The molecule has 5 nitrogen and oxygen atoms in total. The molecule has 0 bridgehead atoms. The number of carbonyl (C=O) groups is 1. The molecule has 1 aliphatic heterocycles. The first-order valence-electron chi connectivity index (χ1n) is 11.0. The van der Waals surface area contributed by atoms with E-state index in [0.717, 1.165) is 48.5 Å². The minimum absolute atomic E-state index is 0.0146. The van der Waals surface area contributed by atoms with Crippen LogP contribution in [-0.4, -0.2) is 57.8 Å². The van der Waals surface area contributed by atoms with Gasteiger partial charge >= 0.3 is 0 Å². The minimum atomic E-state index is -0.205. The molecule has 0 aliphatic carbocycles. The van der Waals surface area contributed by atoms with Gasteiger partial charge in [-0.2, -0.15) is 0 Å². The Morgan fingerprint density at radius 1 is 0.875 bits per heavy atom. The van der Waals surface area contributed by atoms with E-state index in [0.29, 0.717) is 18.8 Å². The molecule has 1 fully saturated rings. The number of halogens is 1. The summed E-state index contributed by atoms with van der Waals surface area (Å²) in [7, 11) is 0. The predicted molar refractivity (Wildman–Crippen MR) is 123 cm³/mol. The van der Waals surface area contributed by atoms with Crippen molar-refractivity contribution in [2.24, 2.45) is 0 Å². The third kappa shape index (κ3) is 4.14. The van der Waals surface area contributed by atoms with E-state index in [1.165, 1.54) is 12.1 Å². The molecular weight excluding hydrogens is 403 g/mol. The van der Waals surface area contributed by atoms with Gasteiger partial charge in [-0.25, -0.2) is 9.37 Å². The molecule has 32 heavy (non-hydrogen) atoms. The van der Waals surface area contributed by atoms with Crippen LogP contribution < -0.4 is 0 Å². The summed E-state index contributed by atoms with van der Waals surface area (Å²) in [6.07, 6.45) is 2.78. The van der Waals surface area contributed by atoms with E-state index >= 15 is 0 Å². The van der Waals surface area contributed by atoms with E-state index in [9.17, 15) is 9.18 Å². The van der Waals surface area contributed by atoms with E-state index in [1.54, 1.807) is 0 Å². The first-order chi connectivity index (χ1) is 15.7. The Morgan fingerprint density at radius 3 is 2.34 bits per heavy atom. The van der Waals surface area contributed by atoms with Crippen molar-refractivity contribution < 1.29 is 9.18 Å². The number of rotatable bonds is 5. The first kappa shape index (κ1) is 20.4. The number of pyridine rings is 1. The maximum atomic E-state index is 13.6. The first-order valence-corrected chi connectivity index (χ1v) is 11.0. The van der Waals surface area contributed by atoms with Crippen molar-refractivity contribution in [3.05, 3.63) is 96.1 Å². The quantitative estimate of drug-likeness (QED) is 0.480. The van der Waals surface area contributed by atoms with Gasteiger partial charge in [0.25, 0.3) is 5.91 Å². The van der Waals surface area contributed by atoms with Crippen molar-refractivity contribution in [3.63, 3.8) is 0 Å². The lowest BCUT2D eigenvalue weighted by Crippen LogP contribution is -2.49. The minimum Gasteiger partial charge on any atom is -0.335 e. The van der Waals surface area contributed by atoms with Gasteiger partial charge in [0.2, 0.25) is 0 Å². The molecule has 2 aromatic heterocycles. The number of fused-ring (bicyclic) bond motifs is 1. The van der Waals surface area contributed by atoms with Crippen molar-refractivity contribution >= 4 is 11.6 Å². The Hall–Kier alpha value is -3.51. The largest absolute Gasteiger partial charge is 0.335 e. The number of imidazole rings is 1. The van der Waals surface area contributed by atoms with Gasteiger partial charge in [0, 0.05) is 44.5 Å². The number of hydrogen-bond donors (Lipinski definition) is 0. The second kappa shape index (κ2) is 8.93. The maximum Gasteiger partial charge on any atom is 0.273 e. The Bertz CT molecular complexity index is 1210. The summed E-state index contributed by atoms with van der Waals surface area (Å²) in [5, 5.41) is 0. The molecule has 1 saturated heterocycles. The normalized spacial score (nSPS) is 14.7. The molecule has 2 aromatic carbocycles. The molecule has 0 unspecified atom stereocenters. The number of hydrogen-bond acceptors (Lipinski definition) is 3. The lowest BCUT2D eigenvalue weighted by molar-refractivity contribution is 0.0632. The standard InChI is InChI=1S/C26H25FN4O/c27-22-11-9-20(10-12-22)13-15-29-16-18-30(19-17-29)26(32)25-24(21-6-2-1-3-7-21)28-23-8-4-5-14-31(23)25/h1-12,14H,13,15-19H2. The summed E-state index contributed by atoms with van der Waals surface area (Å²) in [5.74, 6) is -0.191. The molecule has 6 heteroatoms. The van der Waals surface area contributed by atoms with Gasteiger partial charge in [-0.15, -0.1) is 0 Å². The van der Waals surface area contributed by atoms with Gasteiger partial charge in [0.1, 0.15) is 22.9 Å². The highest BCUT2D eigenvalue weighted by molar-refractivity contribution is 5.99. The number of piperazine rings is 1. The third-order valence-electron chi connectivity index (χ3n) is 6.07. The van der Waals surface area contributed by atoms with Crippen LogP contribution in [0.2, 0.25) is 0 Å². The summed E-state index contributed by atoms with van der Waals surface area (Å²) in [4.78, 5) is 22.6. The molecule has 0 spiro atoms. The molecule has 4 aromatic rings. The lowest BCUT2D eigenvalue weighted by Gasteiger charge is -2.34. The van der Waals surface area contributed by atoms with Crippen LogP contribution in [0.15, 0.2) is 79.0 Å². The van der Waals surface area contributed by atoms with E-state index in [2.05, 4.69) is 4.90 Å². The molecule has 5 rings (SSSR count). The molecule has 3 heterocycles. The molecule has 0 atom stereocenters. The van der Waals surface area contributed by atoms with Crippen LogP contribution in [0.25, 0.3) is 16.9 Å². The number of aromatic nitrogens is 2. The monoisotopic (exact) mass is 428 g/mol. The van der Waals surface area contributed by atoms with Gasteiger partial charge in [0.05, 0.1) is 0 Å². The highest BCUT2D eigenvalue weighted by Crippen LogP contribution is 2.26. The van der Waals surface area contributed by atoms with Crippen LogP contribution >= 0.6 is 0 Å². The van der Waals surface area contributed by atoms with Crippen molar-refractivity contribution in [1.82, 2.24) is 19.2 Å². The second-order valence-electron chi connectivity index (χ2n) is 8.11. The number of amides is 1. The average molecular weight is 429 g/mol. The van der Waals surface area contributed by atoms with E-state index < -0.39 is 0 Å². The Labute approximate surface area is 186 Å². The maximum absolute atomic E-state index is 13.6. The highest BCUT2D eigenvalue weighted by atomic mass is 19.1. The Balaban J connectivity index is 1.31. The van der Waals surface area contributed by atoms with E-state index in [-0.39, 0.29) is 11.7 Å². The lowest BCUT2D eigenvalue weighted by atomic mass is 10.1. The molecule has 0 N–H and O–H groups in total. The summed E-state index contributed by atoms with van der Waals surface area (Å²) in [6.45, 7) is 3.90. The zero-order valence-electron chi connectivity index (χ0n) is 17.8. The average Bonchev–Trinajstić information content (AvgIpc) is 3.24. The number of carbonyl (C=O) groups excluding carboxylic acids is 1. The zero-order chi connectivity index (χ0) is 21.9. The smallest absolute Gasteiger partial charge is 0.273 e. The van der Waals surface area contributed by atoms with Gasteiger partial charge in [-0.1, -0.05) is 48.5 Å². The van der Waals surface area contributed by atoms with Gasteiger partial charge < -0.3 is 4.90 Å².